The number of hydrogen-bond acceptors (Lipinski definition) is 4. The van der Waals surface area contributed by atoms with Crippen LogP contribution in [0.4, 0.5) is 0 Å². The Kier molecular flexibility index (Phi) is 6.34. The van der Waals surface area contributed by atoms with Gasteiger partial charge in [-0.1, -0.05) is 11.6 Å². The van der Waals surface area contributed by atoms with Crippen molar-refractivity contribution in [3.63, 3.8) is 0 Å². The van der Waals surface area contributed by atoms with E-state index in [-0.39, 0.29) is 5.91 Å². The maximum Gasteiger partial charge on any atom is 0.224 e. The van der Waals surface area contributed by atoms with Crippen molar-refractivity contribution < 1.29 is 14.3 Å². The predicted molar refractivity (Wildman–Crippen MR) is 86.9 cm³/mol. The number of carbonyl (C=O) groups excluding carboxylic acids is 1. The zero-order valence-electron chi connectivity index (χ0n) is 13.2. The number of nitrogens with one attached hydrogen (secondary N) is 1. The first-order valence-electron chi connectivity index (χ1n) is 7.55. The molecule has 22 heavy (non-hydrogen) atoms. The molecule has 6 heteroatoms. The zero-order valence-corrected chi connectivity index (χ0v) is 13.9. The summed E-state index contributed by atoms with van der Waals surface area (Å²) in [5, 5.41) is 3.41. The molecule has 1 N–H and O–H groups in total. The summed E-state index contributed by atoms with van der Waals surface area (Å²) in [5.41, 5.74) is 0.833. The second kappa shape index (κ2) is 8.25. The van der Waals surface area contributed by atoms with E-state index in [0.29, 0.717) is 42.7 Å². The van der Waals surface area contributed by atoms with Crippen molar-refractivity contribution in [2.75, 3.05) is 40.4 Å². The maximum absolute atomic E-state index is 12.0. The minimum absolute atomic E-state index is 0.00990. The van der Waals surface area contributed by atoms with Gasteiger partial charge in [0.25, 0.3) is 0 Å². The SMILES string of the molecule is CN(C)CCCNC(=O)Cc1cc(Cl)c2c(c1)OCCCO2. The minimum Gasteiger partial charge on any atom is -0.489 e. The summed E-state index contributed by atoms with van der Waals surface area (Å²) in [5.74, 6) is 1.19. The van der Waals surface area contributed by atoms with Gasteiger partial charge in [-0.05, 0) is 44.8 Å². The van der Waals surface area contributed by atoms with E-state index in [1.54, 1.807) is 6.07 Å². The van der Waals surface area contributed by atoms with E-state index in [4.69, 9.17) is 21.1 Å². The van der Waals surface area contributed by atoms with Gasteiger partial charge in [-0.25, -0.2) is 0 Å². The average molecular weight is 327 g/mol. The van der Waals surface area contributed by atoms with Crippen LogP contribution in [0.5, 0.6) is 11.5 Å². The number of nitrogens with zero attached hydrogens (tertiary/aromatic N) is 1. The number of ether oxygens (including phenoxy) is 2. The lowest BCUT2D eigenvalue weighted by Crippen LogP contribution is -2.28. The molecule has 0 aliphatic carbocycles. The van der Waals surface area contributed by atoms with Crippen molar-refractivity contribution in [1.29, 1.82) is 0 Å². The van der Waals surface area contributed by atoms with Crippen molar-refractivity contribution in [2.24, 2.45) is 0 Å². The van der Waals surface area contributed by atoms with Crippen LogP contribution in [-0.4, -0.2) is 51.2 Å². The molecule has 1 amide bonds. The number of hydrogen-bond donors (Lipinski definition) is 1. The maximum atomic E-state index is 12.0. The number of halogens is 1. The van der Waals surface area contributed by atoms with Crippen LogP contribution >= 0.6 is 11.6 Å². The van der Waals surface area contributed by atoms with Gasteiger partial charge in [0.05, 0.1) is 24.7 Å². The average Bonchev–Trinajstić information content (AvgIpc) is 2.69. The van der Waals surface area contributed by atoms with Crippen molar-refractivity contribution in [3.8, 4) is 11.5 Å². The fraction of sp³-hybridized carbons (Fsp3) is 0.562. The Labute approximate surface area is 136 Å². The third kappa shape index (κ3) is 5.07. The van der Waals surface area contributed by atoms with Crippen LogP contribution in [0.3, 0.4) is 0 Å². The van der Waals surface area contributed by atoms with Gasteiger partial charge < -0.3 is 19.7 Å². The van der Waals surface area contributed by atoms with Gasteiger partial charge in [-0.3, -0.25) is 4.79 Å². The largest absolute Gasteiger partial charge is 0.489 e. The highest BCUT2D eigenvalue weighted by atomic mass is 35.5. The number of rotatable bonds is 6. The van der Waals surface area contributed by atoms with Gasteiger partial charge in [-0.15, -0.1) is 0 Å². The topological polar surface area (TPSA) is 50.8 Å². The van der Waals surface area contributed by atoms with Gasteiger partial charge in [0, 0.05) is 13.0 Å². The molecule has 0 atom stereocenters. The molecule has 1 aromatic carbocycles. The summed E-state index contributed by atoms with van der Waals surface area (Å²) in [6, 6.07) is 3.61. The van der Waals surface area contributed by atoms with Gasteiger partial charge in [0.2, 0.25) is 5.91 Å². The van der Waals surface area contributed by atoms with E-state index in [2.05, 4.69) is 10.2 Å². The third-order valence-corrected chi connectivity index (χ3v) is 3.61. The molecule has 0 bridgehead atoms. The Morgan fingerprint density at radius 1 is 1.32 bits per heavy atom. The Bertz CT molecular complexity index is 520. The molecule has 0 saturated carbocycles. The molecular formula is C16H23ClN2O3. The Morgan fingerprint density at radius 3 is 2.86 bits per heavy atom. The Hall–Kier alpha value is -1.46. The molecule has 0 fully saturated rings. The molecule has 1 heterocycles. The summed E-state index contributed by atoms with van der Waals surface area (Å²) in [6.45, 7) is 2.83. The van der Waals surface area contributed by atoms with Gasteiger partial charge in [0.15, 0.2) is 11.5 Å². The van der Waals surface area contributed by atoms with Gasteiger partial charge >= 0.3 is 0 Å². The molecule has 1 aliphatic rings. The number of amides is 1. The molecule has 0 spiro atoms. The van der Waals surface area contributed by atoms with Crippen molar-refractivity contribution in [3.05, 3.63) is 22.7 Å². The van der Waals surface area contributed by atoms with Crippen molar-refractivity contribution in [2.45, 2.75) is 19.3 Å². The Balaban J connectivity index is 1.91. The molecule has 0 saturated heterocycles. The summed E-state index contributed by atoms with van der Waals surface area (Å²) in [7, 11) is 4.03. The summed E-state index contributed by atoms with van der Waals surface area (Å²) in [6.07, 6.45) is 2.05. The van der Waals surface area contributed by atoms with Crippen LogP contribution in [0.2, 0.25) is 5.02 Å². The van der Waals surface area contributed by atoms with E-state index in [0.717, 1.165) is 24.9 Å². The van der Waals surface area contributed by atoms with Gasteiger partial charge in [0.1, 0.15) is 0 Å². The summed E-state index contributed by atoms with van der Waals surface area (Å²) >= 11 is 6.22. The lowest BCUT2D eigenvalue weighted by atomic mass is 10.1. The minimum atomic E-state index is -0.00990. The number of fused-ring (bicyclic) bond motifs is 1. The highest BCUT2D eigenvalue weighted by Crippen LogP contribution is 2.38. The summed E-state index contributed by atoms with van der Waals surface area (Å²) in [4.78, 5) is 14.1. The van der Waals surface area contributed by atoms with Crippen molar-refractivity contribution >= 4 is 17.5 Å². The molecule has 0 aromatic heterocycles. The van der Waals surface area contributed by atoms with E-state index < -0.39 is 0 Å². The molecule has 0 unspecified atom stereocenters. The van der Waals surface area contributed by atoms with Gasteiger partial charge in [-0.2, -0.15) is 0 Å². The number of benzene rings is 1. The first kappa shape index (κ1) is 16.9. The molecule has 1 aromatic rings. The molecule has 0 radical (unpaired) electrons. The van der Waals surface area contributed by atoms with Crippen LogP contribution < -0.4 is 14.8 Å². The molecule has 122 valence electrons. The smallest absolute Gasteiger partial charge is 0.224 e. The molecular weight excluding hydrogens is 304 g/mol. The summed E-state index contributed by atoms with van der Waals surface area (Å²) < 4.78 is 11.2. The van der Waals surface area contributed by atoms with Crippen LogP contribution in [0.25, 0.3) is 0 Å². The third-order valence-electron chi connectivity index (χ3n) is 3.33. The fourth-order valence-electron chi connectivity index (χ4n) is 2.26. The highest BCUT2D eigenvalue weighted by Gasteiger charge is 2.16. The first-order valence-corrected chi connectivity index (χ1v) is 7.93. The lowest BCUT2D eigenvalue weighted by Gasteiger charge is -2.12. The second-order valence-electron chi connectivity index (χ2n) is 5.64. The monoisotopic (exact) mass is 326 g/mol. The van der Waals surface area contributed by atoms with Crippen molar-refractivity contribution in [1.82, 2.24) is 10.2 Å². The lowest BCUT2D eigenvalue weighted by molar-refractivity contribution is -0.120. The second-order valence-corrected chi connectivity index (χ2v) is 6.05. The van der Waals surface area contributed by atoms with Crippen LogP contribution in [0.15, 0.2) is 12.1 Å². The standard InChI is InChI=1S/C16H23ClN2O3/c1-19(2)6-3-5-18-15(20)11-12-9-13(17)16-14(10-12)21-7-4-8-22-16/h9-10H,3-8,11H2,1-2H3,(H,18,20). The van der Waals surface area contributed by atoms with E-state index >= 15 is 0 Å². The molecule has 1 aliphatic heterocycles. The number of carbonyl (C=O) groups is 1. The van der Waals surface area contributed by atoms with Crippen LogP contribution in [0.1, 0.15) is 18.4 Å². The fourth-order valence-corrected chi connectivity index (χ4v) is 2.55. The molecule has 5 nitrogen and oxygen atoms in total. The van der Waals surface area contributed by atoms with Crippen LogP contribution in [-0.2, 0) is 11.2 Å². The van der Waals surface area contributed by atoms with E-state index in [1.807, 2.05) is 20.2 Å². The van der Waals surface area contributed by atoms with Crippen LogP contribution in [0, 0.1) is 0 Å². The normalized spacial score (nSPS) is 13.8. The predicted octanol–water partition coefficient (Wildman–Crippen LogP) is 2.11. The first-order chi connectivity index (χ1) is 10.6. The highest BCUT2D eigenvalue weighted by molar-refractivity contribution is 6.32. The quantitative estimate of drug-likeness (QED) is 0.814. The van der Waals surface area contributed by atoms with E-state index in [9.17, 15) is 4.79 Å². The zero-order chi connectivity index (χ0) is 15.9. The molecule has 2 rings (SSSR count). The Morgan fingerprint density at radius 2 is 2.09 bits per heavy atom. The van der Waals surface area contributed by atoms with E-state index in [1.165, 1.54) is 0 Å².